The van der Waals surface area contributed by atoms with Crippen molar-refractivity contribution in [2.24, 2.45) is 5.14 Å². The number of aromatic nitrogens is 3. The number of anilines is 1. The van der Waals surface area contributed by atoms with E-state index in [1.807, 2.05) is 6.92 Å². The molecule has 124 valence electrons. The molecule has 10 heteroatoms. The second kappa shape index (κ2) is 7.57. The normalized spacial score (nSPS) is 11.4. The molecule has 0 atom stereocenters. The van der Waals surface area contributed by atoms with Gasteiger partial charge < -0.3 is 5.32 Å². The minimum absolute atomic E-state index is 0.00551. The lowest BCUT2D eigenvalue weighted by Crippen LogP contribution is -2.15. The van der Waals surface area contributed by atoms with Crippen LogP contribution in [0.2, 0.25) is 0 Å². The number of nitrogens with two attached hydrogens (primary N) is 1. The van der Waals surface area contributed by atoms with Crippen LogP contribution in [0.1, 0.15) is 19.2 Å². The summed E-state index contributed by atoms with van der Waals surface area (Å²) in [4.78, 5) is 16.1. The third-order valence-electron chi connectivity index (χ3n) is 2.80. The van der Waals surface area contributed by atoms with E-state index in [4.69, 9.17) is 5.14 Å². The summed E-state index contributed by atoms with van der Waals surface area (Å²) in [5, 5.41) is 15.0. The SMILES string of the molecule is CCCc1nc(SCC(=O)Nc2ccc(S(N)(=O)=O)cc2)n[nH]1. The van der Waals surface area contributed by atoms with Crippen LogP contribution in [0.25, 0.3) is 0 Å². The van der Waals surface area contributed by atoms with Gasteiger partial charge in [0.25, 0.3) is 0 Å². The molecular formula is C13H17N5O3S2. The largest absolute Gasteiger partial charge is 0.325 e. The van der Waals surface area contributed by atoms with E-state index < -0.39 is 10.0 Å². The van der Waals surface area contributed by atoms with Crippen LogP contribution in [-0.2, 0) is 21.2 Å². The lowest BCUT2D eigenvalue weighted by molar-refractivity contribution is -0.113. The average molecular weight is 355 g/mol. The number of hydrogen-bond donors (Lipinski definition) is 3. The lowest BCUT2D eigenvalue weighted by Gasteiger charge is -2.05. The van der Waals surface area contributed by atoms with E-state index >= 15 is 0 Å². The summed E-state index contributed by atoms with van der Waals surface area (Å²) in [6, 6.07) is 5.64. The molecule has 2 rings (SSSR count). The van der Waals surface area contributed by atoms with E-state index in [0.717, 1.165) is 18.7 Å². The number of carbonyl (C=O) groups is 1. The monoisotopic (exact) mass is 355 g/mol. The molecule has 0 fully saturated rings. The van der Waals surface area contributed by atoms with Crippen LogP contribution in [0.15, 0.2) is 34.3 Å². The van der Waals surface area contributed by atoms with Crippen LogP contribution in [0.5, 0.6) is 0 Å². The fourth-order valence-corrected chi connectivity index (χ4v) is 2.88. The Hall–Kier alpha value is -1.91. The van der Waals surface area contributed by atoms with Gasteiger partial charge in [0.2, 0.25) is 21.1 Å². The van der Waals surface area contributed by atoms with Crippen molar-refractivity contribution in [1.29, 1.82) is 0 Å². The molecule has 1 aromatic heterocycles. The van der Waals surface area contributed by atoms with Crippen molar-refractivity contribution in [3.8, 4) is 0 Å². The Kier molecular flexibility index (Phi) is 5.74. The topological polar surface area (TPSA) is 131 Å². The van der Waals surface area contributed by atoms with Crippen LogP contribution in [0.3, 0.4) is 0 Å². The average Bonchev–Trinajstić information content (AvgIpc) is 2.93. The minimum atomic E-state index is -3.73. The third-order valence-corrected chi connectivity index (χ3v) is 4.57. The van der Waals surface area contributed by atoms with E-state index in [0.29, 0.717) is 10.8 Å². The zero-order valence-electron chi connectivity index (χ0n) is 12.4. The number of nitrogens with one attached hydrogen (secondary N) is 2. The molecule has 2 aromatic rings. The molecule has 0 saturated carbocycles. The van der Waals surface area contributed by atoms with Crippen molar-refractivity contribution >= 4 is 33.4 Å². The molecule has 0 aliphatic rings. The molecule has 4 N–H and O–H groups in total. The van der Waals surface area contributed by atoms with E-state index in [1.165, 1.54) is 36.0 Å². The molecular weight excluding hydrogens is 338 g/mol. The molecule has 0 spiro atoms. The number of aryl methyl sites for hydroxylation is 1. The van der Waals surface area contributed by atoms with Crippen molar-refractivity contribution in [2.45, 2.75) is 29.8 Å². The van der Waals surface area contributed by atoms with Gasteiger partial charge in [-0.25, -0.2) is 18.5 Å². The smallest absolute Gasteiger partial charge is 0.238 e. The van der Waals surface area contributed by atoms with Crippen molar-refractivity contribution in [2.75, 3.05) is 11.1 Å². The molecule has 0 radical (unpaired) electrons. The van der Waals surface area contributed by atoms with Gasteiger partial charge in [-0.15, -0.1) is 5.10 Å². The van der Waals surface area contributed by atoms with Gasteiger partial charge >= 0.3 is 0 Å². The van der Waals surface area contributed by atoms with Crippen molar-refractivity contribution in [3.05, 3.63) is 30.1 Å². The molecule has 0 saturated heterocycles. The van der Waals surface area contributed by atoms with Crippen LogP contribution >= 0.6 is 11.8 Å². The highest BCUT2D eigenvalue weighted by molar-refractivity contribution is 7.99. The summed E-state index contributed by atoms with van der Waals surface area (Å²) >= 11 is 1.22. The first-order valence-corrected chi connectivity index (χ1v) is 9.38. The zero-order valence-corrected chi connectivity index (χ0v) is 14.1. The first-order chi connectivity index (χ1) is 10.9. The van der Waals surface area contributed by atoms with Gasteiger partial charge in [0.15, 0.2) is 0 Å². The molecule has 1 heterocycles. The number of benzene rings is 1. The second-order valence-corrected chi connectivity index (χ2v) is 7.22. The predicted octanol–water partition coefficient (Wildman–Crippen LogP) is 1.14. The molecule has 1 amide bonds. The van der Waals surface area contributed by atoms with Gasteiger partial charge in [0.05, 0.1) is 10.6 Å². The van der Waals surface area contributed by atoms with Gasteiger partial charge in [-0.1, -0.05) is 18.7 Å². The van der Waals surface area contributed by atoms with Gasteiger partial charge in [0.1, 0.15) is 5.82 Å². The van der Waals surface area contributed by atoms with E-state index in [1.54, 1.807) is 0 Å². The summed E-state index contributed by atoms with van der Waals surface area (Å²) in [6.07, 6.45) is 1.78. The number of sulfonamides is 1. The molecule has 23 heavy (non-hydrogen) atoms. The summed E-state index contributed by atoms with van der Waals surface area (Å²) in [5.41, 5.74) is 0.490. The fraction of sp³-hybridized carbons (Fsp3) is 0.308. The van der Waals surface area contributed by atoms with Gasteiger partial charge in [-0.05, 0) is 30.7 Å². The van der Waals surface area contributed by atoms with Crippen molar-refractivity contribution < 1.29 is 13.2 Å². The Morgan fingerprint density at radius 1 is 1.35 bits per heavy atom. The number of nitrogens with zero attached hydrogens (tertiary/aromatic N) is 2. The fourth-order valence-electron chi connectivity index (χ4n) is 1.75. The molecule has 8 nitrogen and oxygen atoms in total. The standard InChI is InChI=1S/C13H17N5O3S2/c1-2-3-11-16-13(18-17-11)22-8-12(19)15-9-4-6-10(7-5-9)23(14,20)21/h4-7H,2-3,8H2,1H3,(H,15,19)(H2,14,20,21)(H,16,17,18). The van der Waals surface area contributed by atoms with E-state index in [2.05, 4.69) is 20.5 Å². The van der Waals surface area contributed by atoms with E-state index in [9.17, 15) is 13.2 Å². The Morgan fingerprint density at radius 2 is 2.04 bits per heavy atom. The first kappa shape index (κ1) is 17.4. The molecule has 0 aliphatic carbocycles. The molecule has 0 unspecified atom stereocenters. The number of amides is 1. The van der Waals surface area contributed by atoms with Gasteiger partial charge in [-0.3, -0.25) is 9.89 Å². The van der Waals surface area contributed by atoms with Crippen LogP contribution in [0.4, 0.5) is 5.69 Å². The minimum Gasteiger partial charge on any atom is -0.325 e. The highest BCUT2D eigenvalue weighted by Crippen LogP contribution is 2.15. The number of thioether (sulfide) groups is 1. The van der Waals surface area contributed by atoms with Crippen molar-refractivity contribution in [1.82, 2.24) is 15.2 Å². The summed E-state index contributed by atoms with van der Waals surface area (Å²) < 4.78 is 22.3. The second-order valence-electron chi connectivity index (χ2n) is 4.72. The van der Waals surface area contributed by atoms with Crippen LogP contribution in [-0.4, -0.2) is 35.3 Å². The quantitative estimate of drug-likeness (QED) is 0.638. The van der Waals surface area contributed by atoms with Crippen LogP contribution in [0, 0.1) is 0 Å². The number of aromatic amines is 1. The van der Waals surface area contributed by atoms with E-state index in [-0.39, 0.29) is 16.6 Å². The van der Waals surface area contributed by atoms with Crippen LogP contribution < -0.4 is 10.5 Å². The zero-order chi connectivity index (χ0) is 16.9. The maximum atomic E-state index is 11.9. The molecule has 0 bridgehead atoms. The summed E-state index contributed by atoms with van der Waals surface area (Å²) in [6.45, 7) is 2.05. The lowest BCUT2D eigenvalue weighted by atomic mass is 10.3. The maximum Gasteiger partial charge on any atom is 0.238 e. The predicted molar refractivity (Wildman–Crippen MR) is 87.5 cm³/mol. The molecule has 1 aromatic carbocycles. The summed E-state index contributed by atoms with van der Waals surface area (Å²) in [5.74, 6) is 0.717. The Labute approximate surface area is 138 Å². The Morgan fingerprint density at radius 3 is 2.65 bits per heavy atom. The van der Waals surface area contributed by atoms with Crippen molar-refractivity contribution in [3.63, 3.8) is 0 Å². The third kappa shape index (κ3) is 5.34. The number of primary sulfonamides is 1. The van der Waals surface area contributed by atoms with Gasteiger partial charge in [0, 0.05) is 12.1 Å². The maximum absolute atomic E-state index is 11.9. The Bertz CT molecular complexity index is 771. The summed E-state index contributed by atoms with van der Waals surface area (Å²) in [7, 11) is -3.73. The number of hydrogen-bond acceptors (Lipinski definition) is 6. The number of rotatable bonds is 7. The first-order valence-electron chi connectivity index (χ1n) is 6.85. The number of carbonyl (C=O) groups excluding carboxylic acids is 1. The highest BCUT2D eigenvalue weighted by Gasteiger charge is 2.10. The van der Waals surface area contributed by atoms with Gasteiger partial charge in [-0.2, -0.15) is 0 Å². The number of H-pyrrole nitrogens is 1. The molecule has 0 aliphatic heterocycles. The Balaban J connectivity index is 1.86. The highest BCUT2D eigenvalue weighted by atomic mass is 32.2.